The van der Waals surface area contributed by atoms with E-state index in [1.807, 2.05) is 30.3 Å². The fourth-order valence-corrected chi connectivity index (χ4v) is 3.77. The fourth-order valence-electron chi connectivity index (χ4n) is 2.70. The van der Waals surface area contributed by atoms with Crippen LogP contribution in [0.1, 0.15) is 24.5 Å². The first kappa shape index (κ1) is 21.1. The molecule has 0 aliphatic heterocycles. The standard InChI is InChI=1S/C20H25FN2O3S/c1-17(24)23(16-19-11-5-6-12-20(19)21)14-13-22-27(25,26)15-7-10-18-8-3-2-4-9-18/h2-6,8-9,11-12,22H,7,10,13-16H2,1H3. The number of carbonyl (C=O) groups excluding carboxylic acids is 1. The minimum Gasteiger partial charge on any atom is -0.337 e. The first-order chi connectivity index (χ1) is 12.9. The van der Waals surface area contributed by atoms with Crippen molar-refractivity contribution < 1.29 is 17.6 Å². The van der Waals surface area contributed by atoms with Crippen molar-refractivity contribution in [3.05, 3.63) is 71.5 Å². The number of amides is 1. The molecule has 146 valence electrons. The van der Waals surface area contributed by atoms with Gasteiger partial charge in [0.15, 0.2) is 0 Å². The third-order valence-corrected chi connectivity index (χ3v) is 5.66. The van der Waals surface area contributed by atoms with Crippen LogP contribution >= 0.6 is 0 Å². The van der Waals surface area contributed by atoms with Crippen molar-refractivity contribution in [1.29, 1.82) is 0 Å². The van der Waals surface area contributed by atoms with Crippen LogP contribution in [-0.2, 0) is 27.8 Å². The Morgan fingerprint density at radius 2 is 1.74 bits per heavy atom. The summed E-state index contributed by atoms with van der Waals surface area (Å²) in [5.41, 5.74) is 1.50. The van der Waals surface area contributed by atoms with E-state index in [0.717, 1.165) is 5.56 Å². The van der Waals surface area contributed by atoms with Gasteiger partial charge in [0.1, 0.15) is 5.82 Å². The van der Waals surface area contributed by atoms with Crippen LogP contribution in [0.2, 0.25) is 0 Å². The lowest BCUT2D eigenvalue weighted by Gasteiger charge is -2.21. The quantitative estimate of drug-likeness (QED) is 0.676. The largest absolute Gasteiger partial charge is 0.337 e. The minimum absolute atomic E-state index is 0.0231. The molecular formula is C20H25FN2O3S. The number of carbonyl (C=O) groups is 1. The second kappa shape index (κ2) is 10.2. The predicted octanol–water partition coefficient (Wildman–Crippen LogP) is 2.73. The molecule has 1 amide bonds. The lowest BCUT2D eigenvalue weighted by molar-refractivity contribution is -0.129. The average molecular weight is 392 g/mol. The Morgan fingerprint density at radius 1 is 1.07 bits per heavy atom. The number of halogens is 1. The Labute approximate surface area is 160 Å². The molecule has 0 unspecified atom stereocenters. The first-order valence-corrected chi connectivity index (χ1v) is 10.5. The molecule has 27 heavy (non-hydrogen) atoms. The number of aryl methyl sites for hydroxylation is 1. The predicted molar refractivity (Wildman–Crippen MR) is 104 cm³/mol. The molecule has 2 rings (SSSR count). The number of hydrogen-bond acceptors (Lipinski definition) is 3. The third-order valence-electron chi connectivity index (χ3n) is 4.19. The highest BCUT2D eigenvalue weighted by Crippen LogP contribution is 2.10. The summed E-state index contributed by atoms with van der Waals surface area (Å²) in [6.07, 6.45) is 1.21. The molecule has 0 saturated carbocycles. The second-order valence-corrected chi connectivity index (χ2v) is 8.26. The first-order valence-electron chi connectivity index (χ1n) is 8.87. The van der Waals surface area contributed by atoms with Crippen molar-refractivity contribution in [2.45, 2.75) is 26.3 Å². The van der Waals surface area contributed by atoms with Gasteiger partial charge in [0, 0.05) is 32.1 Å². The number of hydrogen-bond donors (Lipinski definition) is 1. The zero-order valence-corrected chi connectivity index (χ0v) is 16.2. The van der Waals surface area contributed by atoms with Crippen molar-refractivity contribution in [2.75, 3.05) is 18.8 Å². The number of rotatable bonds is 10. The summed E-state index contributed by atoms with van der Waals surface area (Å²) in [6.45, 7) is 1.77. The number of nitrogens with one attached hydrogen (secondary N) is 1. The van der Waals surface area contributed by atoms with Gasteiger partial charge < -0.3 is 4.90 Å². The molecule has 0 saturated heterocycles. The van der Waals surface area contributed by atoms with Gasteiger partial charge in [-0.15, -0.1) is 0 Å². The van der Waals surface area contributed by atoms with Gasteiger partial charge in [-0.1, -0.05) is 48.5 Å². The topological polar surface area (TPSA) is 66.5 Å². The van der Waals surface area contributed by atoms with E-state index in [2.05, 4.69) is 4.72 Å². The van der Waals surface area contributed by atoms with Crippen molar-refractivity contribution in [3.63, 3.8) is 0 Å². The maximum Gasteiger partial charge on any atom is 0.219 e. The Bertz CT molecular complexity index is 841. The average Bonchev–Trinajstić information content (AvgIpc) is 2.63. The van der Waals surface area contributed by atoms with Crippen molar-refractivity contribution in [1.82, 2.24) is 9.62 Å². The van der Waals surface area contributed by atoms with Crippen LogP contribution in [0.3, 0.4) is 0 Å². The molecule has 1 N–H and O–H groups in total. The highest BCUT2D eigenvalue weighted by molar-refractivity contribution is 7.89. The molecule has 0 radical (unpaired) electrons. The Balaban J connectivity index is 1.79. The zero-order chi connectivity index (χ0) is 19.7. The smallest absolute Gasteiger partial charge is 0.219 e. The molecule has 0 aliphatic rings. The van der Waals surface area contributed by atoms with Crippen LogP contribution in [0.25, 0.3) is 0 Å². The van der Waals surface area contributed by atoms with Gasteiger partial charge in [0.05, 0.1) is 5.75 Å². The van der Waals surface area contributed by atoms with E-state index in [1.165, 1.54) is 17.9 Å². The van der Waals surface area contributed by atoms with Gasteiger partial charge in [0.25, 0.3) is 0 Å². The van der Waals surface area contributed by atoms with Crippen molar-refractivity contribution in [2.24, 2.45) is 0 Å². The Hall–Kier alpha value is -2.25. The lowest BCUT2D eigenvalue weighted by Crippen LogP contribution is -2.38. The molecule has 0 fully saturated rings. The normalized spacial score (nSPS) is 11.3. The highest BCUT2D eigenvalue weighted by atomic mass is 32.2. The summed E-state index contributed by atoms with van der Waals surface area (Å²) >= 11 is 0. The van der Waals surface area contributed by atoms with Crippen molar-refractivity contribution >= 4 is 15.9 Å². The summed E-state index contributed by atoms with van der Waals surface area (Å²) in [7, 11) is -3.42. The molecule has 0 aliphatic carbocycles. The summed E-state index contributed by atoms with van der Waals surface area (Å²) in [5.74, 6) is -0.596. The van der Waals surface area contributed by atoms with Crippen LogP contribution in [0.15, 0.2) is 54.6 Å². The molecule has 7 heteroatoms. The van der Waals surface area contributed by atoms with Gasteiger partial charge in [0.2, 0.25) is 15.9 Å². The van der Waals surface area contributed by atoms with Crippen LogP contribution in [0, 0.1) is 5.82 Å². The summed E-state index contributed by atoms with van der Waals surface area (Å²) in [5, 5.41) is 0. The van der Waals surface area contributed by atoms with E-state index in [-0.39, 0.29) is 37.1 Å². The van der Waals surface area contributed by atoms with E-state index in [1.54, 1.807) is 18.2 Å². The number of benzene rings is 2. The van der Waals surface area contributed by atoms with Gasteiger partial charge in [-0.05, 0) is 24.5 Å². The van der Waals surface area contributed by atoms with E-state index < -0.39 is 10.0 Å². The van der Waals surface area contributed by atoms with Gasteiger partial charge in [-0.2, -0.15) is 0 Å². The van der Waals surface area contributed by atoms with E-state index in [0.29, 0.717) is 18.4 Å². The van der Waals surface area contributed by atoms with Crippen molar-refractivity contribution in [3.8, 4) is 0 Å². The Kier molecular flexibility index (Phi) is 7.94. The Morgan fingerprint density at radius 3 is 2.41 bits per heavy atom. The molecule has 5 nitrogen and oxygen atoms in total. The van der Waals surface area contributed by atoms with Gasteiger partial charge >= 0.3 is 0 Å². The highest BCUT2D eigenvalue weighted by Gasteiger charge is 2.14. The SMILES string of the molecule is CC(=O)N(CCNS(=O)(=O)CCCc1ccccc1)Cc1ccccc1F. The maximum atomic E-state index is 13.8. The maximum absolute atomic E-state index is 13.8. The molecule has 0 atom stereocenters. The summed E-state index contributed by atoms with van der Waals surface area (Å²) < 4.78 is 40.5. The lowest BCUT2D eigenvalue weighted by atomic mass is 10.1. The van der Waals surface area contributed by atoms with E-state index in [4.69, 9.17) is 0 Å². The molecule has 2 aromatic rings. The summed E-state index contributed by atoms with van der Waals surface area (Å²) in [4.78, 5) is 13.2. The van der Waals surface area contributed by atoms with Crippen LogP contribution in [0.4, 0.5) is 4.39 Å². The molecular weight excluding hydrogens is 367 g/mol. The number of sulfonamides is 1. The van der Waals surface area contributed by atoms with Gasteiger partial charge in [-0.25, -0.2) is 17.5 Å². The molecule has 0 aromatic heterocycles. The van der Waals surface area contributed by atoms with Crippen LogP contribution < -0.4 is 4.72 Å². The van der Waals surface area contributed by atoms with E-state index in [9.17, 15) is 17.6 Å². The van der Waals surface area contributed by atoms with Gasteiger partial charge in [-0.3, -0.25) is 4.79 Å². The molecule has 0 spiro atoms. The number of nitrogens with zero attached hydrogens (tertiary/aromatic N) is 1. The van der Waals surface area contributed by atoms with Crippen LogP contribution in [-0.4, -0.2) is 38.1 Å². The zero-order valence-electron chi connectivity index (χ0n) is 15.4. The molecule has 0 heterocycles. The third kappa shape index (κ3) is 7.48. The van der Waals surface area contributed by atoms with Crippen LogP contribution in [0.5, 0.6) is 0 Å². The summed E-state index contributed by atoms with van der Waals surface area (Å²) in [6, 6.07) is 15.9. The fraction of sp³-hybridized carbons (Fsp3) is 0.350. The van der Waals surface area contributed by atoms with E-state index >= 15 is 0 Å². The monoisotopic (exact) mass is 392 g/mol. The second-order valence-electron chi connectivity index (χ2n) is 6.33. The minimum atomic E-state index is -3.42. The molecule has 0 bridgehead atoms. The molecule has 2 aromatic carbocycles.